The molecular formula is C12H20N2O3. The van der Waals surface area contributed by atoms with Crippen molar-refractivity contribution in [1.29, 1.82) is 0 Å². The third kappa shape index (κ3) is 3.30. The molecule has 0 spiro atoms. The Morgan fingerprint density at radius 3 is 2.59 bits per heavy atom. The molecule has 1 heterocycles. The van der Waals surface area contributed by atoms with Gasteiger partial charge in [-0.3, -0.25) is 0 Å². The average Bonchev–Trinajstić information content (AvgIpc) is 2.62. The number of esters is 1. The van der Waals surface area contributed by atoms with E-state index in [0.29, 0.717) is 12.3 Å². The van der Waals surface area contributed by atoms with Crippen LogP contribution < -0.4 is 0 Å². The van der Waals surface area contributed by atoms with E-state index in [1.165, 1.54) is 4.68 Å². The molecule has 96 valence electrons. The number of aromatic nitrogens is 2. The number of carbonyl (C=O) groups is 1. The maximum absolute atomic E-state index is 11.7. The van der Waals surface area contributed by atoms with Crippen molar-refractivity contribution in [2.45, 2.75) is 39.8 Å². The number of hydrogen-bond donors (Lipinski definition) is 0. The van der Waals surface area contributed by atoms with Crippen LogP contribution in [0.3, 0.4) is 0 Å². The number of ether oxygens (including phenoxy) is 2. The summed E-state index contributed by atoms with van der Waals surface area (Å²) < 4.78 is 11.5. The zero-order chi connectivity index (χ0) is 13.1. The molecule has 0 aliphatic heterocycles. The number of hydrogen-bond acceptors (Lipinski definition) is 4. The smallest absolute Gasteiger partial charge is 0.356 e. The minimum absolute atomic E-state index is 0.111. The Bertz CT molecular complexity index is 391. The van der Waals surface area contributed by atoms with E-state index < -0.39 is 0 Å². The topological polar surface area (TPSA) is 53.3 Å². The van der Waals surface area contributed by atoms with Gasteiger partial charge in [-0.1, -0.05) is 20.8 Å². The van der Waals surface area contributed by atoms with Gasteiger partial charge in [-0.2, -0.15) is 5.10 Å². The Balaban J connectivity index is 3.09. The first-order valence-electron chi connectivity index (χ1n) is 5.64. The van der Waals surface area contributed by atoms with Gasteiger partial charge in [0, 0.05) is 12.5 Å². The summed E-state index contributed by atoms with van der Waals surface area (Å²) in [6.07, 6.45) is 0. The van der Waals surface area contributed by atoms with Gasteiger partial charge in [-0.05, 0) is 13.0 Å². The summed E-state index contributed by atoms with van der Waals surface area (Å²) in [4.78, 5) is 11.7. The van der Waals surface area contributed by atoms with Gasteiger partial charge in [0.15, 0.2) is 0 Å². The lowest BCUT2D eigenvalue weighted by atomic mass is 9.92. The van der Waals surface area contributed by atoms with E-state index in [2.05, 4.69) is 5.10 Å². The SMILES string of the molecule is CCOC(=O)c1cc(C(C)(C)C)nn1COC. The van der Waals surface area contributed by atoms with E-state index in [-0.39, 0.29) is 18.1 Å². The minimum Gasteiger partial charge on any atom is -0.461 e. The van der Waals surface area contributed by atoms with Crippen molar-refractivity contribution in [3.05, 3.63) is 17.5 Å². The third-order valence-corrected chi connectivity index (χ3v) is 2.28. The van der Waals surface area contributed by atoms with Crippen LogP contribution in [0.25, 0.3) is 0 Å². The lowest BCUT2D eigenvalue weighted by Crippen LogP contribution is -2.15. The van der Waals surface area contributed by atoms with Gasteiger partial charge in [0.1, 0.15) is 12.4 Å². The van der Waals surface area contributed by atoms with Crippen molar-refractivity contribution in [2.75, 3.05) is 13.7 Å². The van der Waals surface area contributed by atoms with Gasteiger partial charge < -0.3 is 9.47 Å². The fraction of sp³-hybridized carbons (Fsp3) is 0.667. The molecule has 0 unspecified atom stereocenters. The van der Waals surface area contributed by atoms with Crippen LogP contribution in [0.15, 0.2) is 6.07 Å². The van der Waals surface area contributed by atoms with E-state index in [9.17, 15) is 4.79 Å². The molecule has 1 aromatic heterocycles. The summed E-state index contributed by atoms with van der Waals surface area (Å²) in [7, 11) is 1.56. The molecule has 0 aromatic carbocycles. The average molecular weight is 240 g/mol. The van der Waals surface area contributed by atoms with Crippen LogP contribution in [0.5, 0.6) is 0 Å². The lowest BCUT2D eigenvalue weighted by molar-refractivity contribution is 0.0486. The lowest BCUT2D eigenvalue weighted by Gasteiger charge is -2.14. The summed E-state index contributed by atoms with van der Waals surface area (Å²) in [5.41, 5.74) is 1.16. The van der Waals surface area contributed by atoms with Gasteiger partial charge in [0.05, 0.1) is 12.3 Å². The van der Waals surface area contributed by atoms with E-state index in [1.807, 2.05) is 20.8 Å². The van der Waals surface area contributed by atoms with Crippen LogP contribution in [0.4, 0.5) is 0 Å². The maximum Gasteiger partial charge on any atom is 0.356 e. The van der Waals surface area contributed by atoms with Crippen molar-refractivity contribution >= 4 is 5.97 Å². The fourth-order valence-electron chi connectivity index (χ4n) is 1.37. The van der Waals surface area contributed by atoms with Crippen LogP contribution in [0, 0.1) is 0 Å². The predicted octanol–water partition coefficient (Wildman–Crippen LogP) is 1.96. The van der Waals surface area contributed by atoms with E-state index in [0.717, 1.165) is 5.69 Å². The second-order valence-corrected chi connectivity index (χ2v) is 4.80. The molecule has 0 saturated carbocycles. The third-order valence-electron chi connectivity index (χ3n) is 2.28. The second kappa shape index (κ2) is 5.31. The van der Waals surface area contributed by atoms with Crippen molar-refractivity contribution in [3.8, 4) is 0 Å². The molecule has 1 rings (SSSR count). The minimum atomic E-state index is -0.368. The highest BCUT2D eigenvalue weighted by Crippen LogP contribution is 2.22. The number of carbonyl (C=O) groups excluding carboxylic acids is 1. The Kier molecular flexibility index (Phi) is 4.28. The van der Waals surface area contributed by atoms with E-state index >= 15 is 0 Å². The highest BCUT2D eigenvalue weighted by molar-refractivity contribution is 5.87. The first-order valence-corrected chi connectivity index (χ1v) is 5.64. The summed E-state index contributed by atoms with van der Waals surface area (Å²) in [6.45, 7) is 8.50. The first-order chi connectivity index (χ1) is 7.90. The van der Waals surface area contributed by atoms with Crippen molar-refractivity contribution in [3.63, 3.8) is 0 Å². The van der Waals surface area contributed by atoms with Crippen LogP contribution in [0.1, 0.15) is 43.9 Å². The van der Waals surface area contributed by atoms with Crippen LogP contribution in [0.2, 0.25) is 0 Å². The summed E-state index contributed by atoms with van der Waals surface area (Å²) in [6, 6.07) is 1.76. The van der Waals surface area contributed by atoms with Crippen molar-refractivity contribution in [2.24, 2.45) is 0 Å². The Hall–Kier alpha value is -1.36. The molecule has 1 aromatic rings. The van der Waals surface area contributed by atoms with Crippen LogP contribution in [-0.2, 0) is 21.6 Å². The standard InChI is InChI=1S/C12H20N2O3/c1-6-17-11(15)9-7-10(12(2,3)4)13-14(9)8-16-5/h7H,6,8H2,1-5H3. The predicted molar refractivity (Wildman–Crippen MR) is 63.9 cm³/mol. The van der Waals surface area contributed by atoms with Crippen LogP contribution in [-0.4, -0.2) is 29.5 Å². The summed E-state index contributed by atoms with van der Waals surface area (Å²) in [5.74, 6) is -0.368. The molecule has 0 aliphatic rings. The van der Waals surface area contributed by atoms with E-state index in [4.69, 9.17) is 9.47 Å². The molecule has 5 heteroatoms. The molecule has 0 saturated heterocycles. The summed E-state index contributed by atoms with van der Waals surface area (Å²) >= 11 is 0. The van der Waals surface area contributed by atoms with Gasteiger partial charge >= 0.3 is 5.97 Å². The largest absolute Gasteiger partial charge is 0.461 e. The number of methoxy groups -OCH3 is 1. The molecular weight excluding hydrogens is 220 g/mol. The monoisotopic (exact) mass is 240 g/mol. The summed E-state index contributed by atoms with van der Waals surface area (Å²) in [5, 5.41) is 4.37. The maximum atomic E-state index is 11.7. The molecule has 0 aliphatic carbocycles. The number of rotatable bonds is 4. The Morgan fingerprint density at radius 2 is 2.12 bits per heavy atom. The van der Waals surface area contributed by atoms with Gasteiger partial charge in [-0.25, -0.2) is 9.48 Å². The Morgan fingerprint density at radius 1 is 1.47 bits per heavy atom. The Labute approximate surface area is 102 Å². The highest BCUT2D eigenvalue weighted by Gasteiger charge is 2.23. The van der Waals surface area contributed by atoms with Crippen molar-refractivity contribution in [1.82, 2.24) is 9.78 Å². The zero-order valence-electron chi connectivity index (χ0n) is 11.1. The zero-order valence-corrected chi connectivity index (χ0v) is 11.1. The van der Waals surface area contributed by atoms with Gasteiger partial charge in [0.25, 0.3) is 0 Å². The quantitative estimate of drug-likeness (QED) is 0.755. The first kappa shape index (κ1) is 13.7. The van der Waals surface area contributed by atoms with Crippen LogP contribution >= 0.6 is 0 Å². The molecule has 5 nitrogen and oxygen atoms in total. The van der Waals surface area contributed by atoms with Gasteiger partial charge in [0.2, 0.25) is 0 Å². The highest BCUT2D eigenvalue weighted by atomic mass is 16.5. The fourth-order valence-corrected chi connectivity index (χ4v) is 1.37. The second-order valence-electron chi connectivity index (χ2n) is 4.80. The molecule has 0 bridgehead atoms. The molecule has 0 N–H and O–H groups in total. The van der Waals surface area contributed by atoms with E-state index in [1.54, 1.807) is 20.1 Å². The van der Waals surface area contributed by atoms with Crippen molar-refractivity contribution < 1.29 is 14.3 Å². The molecule has 0 radical (unpaired) electrons. The number of nitrogens with zero attached hydrogens (tertiary/aromatic N) is 2. The molecule has 0 atom stereocenters. The molecule has 0 fully saturated rings. The molecule has 0 amide bonds. The van der Waals surface area contributed by atoms with Gasteiger partial charge in [-0.15, -0.1) is 0 Å². The normalized spacial score (nSPS) is 11.6. The molecule has 17 heavy (non-hydrogen) atoms.